The minimum absolute atomic E-state index is 0.0262. The SMILES string of the molecule is Nc1cc(S(=O)(=O)Nc2ccc(Br)c(Cl)c2Cl)ccc1Br. The molecule has 0 spiro atoms. The van der Waals surface area contributed by atoms with Crippen LogP contribution in [0.25, 0.3) is 0 Å². The van der Waals surface area contributed by atoms with Gasteiger partial charge in [-0.3, -0.25) is 4.72 Å². The van der Waals surface area contributed by atoms with Gasteiger partial charge in [0.1, 0.15) is 0 Å². The zero-order valence-corrected chi connectivity index (χ0v) is 15.7. The van der Waals surface area contributed by atoms with Gasteiger partial charge in [0.05, 0.1) is 20.6 Å². The third kappa shape index (κ3) is 3.65. The van der Waals surface area contributed by atoms with E-state index in [4.69, 9.17) is 28.9 Å². The normalized spacial score (nSPS) is 11.4. The summed E-state index contributed by atoms with van der Waals surface area (Å²) in [6, 6.07) is 7.44. The van der Waals surface area contributed by atoms with Gasteiger partial charge in [0.15, 0.2) is 0 Å². The Morgan fingerprint density at radius 1 is 1.00 bits per heavy atom. The summed E-state index contributed by atoms with van der Waals surface area (Å²) in [5.74, 6) is 0. The summed E-state index contributed by atoms with van der Waals surface area (Å²) in [5.41, 5.74) is 6.20. The monoisotopic (exact) mass is 472 g/mol. The molecule has 0 atom stereocenters. The highest BCUT2D eigenvalue weighted by molar-refractivity contribution is 9.11. The van der Waals surface area contributed by atoms with Crippen LogP contribution in [0.4, 0.5) is 11.4 Å². The third-order valence-corrected chi connectivity index (χ3v) is 6.41. The standard InChI is InChI=1S/C12H8Br2Cl2N2O2S/c13-7-2-1-6(5-9(7)17)21(19,20)18-10-4-3-8(14)11(15)12(10)16/h1-5,18H,17H2. The fourth-order valence-corrected chi connectivity index (χ4v) is 3.73. The quantitative estimate of drug-likeness (QED) is 0.491. The first kappa shape index (κ1) is 16.9. The lowest BCUT2D eigenvalue weighted by Crippen LogP contribution is -2.13. The summed E-state index contributed by atoms with van der Waals surface area (Å²) >= 11 is 18.4. The molecule has 0 heterocycles. The molecular weight excluding hydrogens is 467 g/mol. The van der Waals surface area contributed by atoms with Gasteiger partial charge in [0.25, 0.3) is 10.0 Å². The van der Waals surface area contributed by atoms with Crippen molar-refractivity contribution in [3.05, 3.63) is 49.3 Å². The van der Waals surface area contributed by atoms with Gasteiger partial charge < -0.3 is 5.73 Å². The van der Waals surface area contributed by atoms with E-state index in [0.717, 1.165) is 0 Å². The van der Waals surface area contributed by atoms with Gasteiger partial charge in [-0.05, 0) is 62.2 Å². The summed E-state index contributed by atoms with van der Waals surface area (Å²) in [6.45, 7) is 0. The Balaban J connectivity index is 2.42. The lowest BCUT2D eigenvalue weighted by molar-refractivity contribution is 0.601. The largest absolute Gasteiger partial charge is 0.398 e. The highest BCUT2D eigenvalue weighted by Crippen LogP contribution is 2.37. The van der Waals surface area contributed by atoms with E-state index in [2.05, 4.69) is 36.6 Å². The Bertz CT molecular complexity index is 813. The fraction of sp³-hybridized carbons (Fsp3) is 0. The van der Waals surface area contributed by atoms with E-state index in [1.165, 1.54) is 18.2 Å². The molecule has 9 heteroatoms. The number of nitrogen functional groups attached to an aromatic ring is 1. The minimum atomic E-state index is -3.81. The maximum absolute atomic E-state index is 12.3. The summed E-state index contributed by atoms with van der Waals surface area (Å²) < 4.78 is 28.2. The second-order valence-corrected chi connectivity index (χ2v) is 8.16. The highest BCUT2D eigenvalue weighted by atomic mass is 79.9. The van der Waals surface area contributed by atoms with Crippen molar-refractivity contribution in [2.75, 3.05) is 10.5 Å². The molecular formula is C12H8Br2Cl2N2O2S. The smallest absolute Gasteiger partial charge is 0.262 e. The van der Waals surface area contributed by atoms with Gasteiger partial charge in [0, 0.05) is 14.6 Å². The number of hydrogen-bond donors (Lipinski definition) is 2. The number of sulfonamides is 1. The molecule has 0 fully saturated rings. The van der Waals surface area contributed by atoms with Crippen LogP contribution < -0.4 is 10.5 Å². The third-order valence-electron chi connectivity index (χ3n) is 2.56. The van der Waals surface area contributed by atoms with E-state index < -0.39 is 10.0 Å². The van der Waals surface area contributed by atoms with Crippen LogP contribution >= 0.6 is 55.1 Å². The van der Waals surface area contributed by atoms with Crippen LogP contribution in [0.2, 0.25) is 10.0 Å². The number of halogens is 4. The van der Waals surface area contributed by atoms with Gasteiger partial charge in [-0.25, -0.2) is 8.42 Å². The van der Waals surface area contributed by atoms with E-state index in [9.17, 15) is 8.42 Å². The Hall–Kier alpha value is -0.470. The second kappa shape index (κ2) is 6.34. The van der Waals surface area contributed by atoms with E-state index in [1.807, 2.05) is 0 Å². The molecule has 21 heavy (non-hydrogen) atoms. The molecule has 2 aromatic rings. The van der Waals surface area contributed by atoms with Gasteiger partial charge in [0.2, 0.25) is 0 Å². The molecule has 0 aliphatic rings. The number of rotatable bonds is 3. The minimum Gasteiger partial charge on any atom is -0.398 e. The molecule has 0 radical (unpaired) electrons. The summed E-state index contributed by atoms with van der Waals surface area (Å²) in [6.07, 6.45) is 0. The molecule has 0 unspecified atom stereocenters. The fourth-order valence-electron chi connectivity index (χ4n) is 1.50. The van der Waals surface area contributed by atoms with Crippen LogP contribution in [0.3, 0.4) is 0 Å². The van der Waals surface area contributed by atoms with Crippen molar-refractivity contribution in [3.63, 3.8) is 0 Å². The summed E-state index contributed by atoms with van der Waals surface area (Å²) in [7, 11) is -3.81. The summed E-state index contributed by atoms with van der Waals surface area (Å²) in [4.78, 5) is 0.0262. The Labute approximate surface area is 148 Å². The van der Waals surface area contributed by atoms with Gasteiger partial charge >= 0.3 is 0 Å². The first-order valence-electron chi connectivity index (χ1n) is 5.43. The Morgan fingerprint density at radius 3 is 2.24 bits per heavy atom. The van der Waals surface area contributed by atoms with Crippen LogP contribution in [0, 0.1) is 0 Å². The second-order valence-electron chi connectivity index (χ2n) is 4.01. The van der Waals surface area contributed by atoms with Crippen molar-refractivity contribution in [1.82, 2.24) is 0 Å². The van der Waals surface area contributed by atoms with Crippen molar-refractivity contribution in [3.8, 4) is 0 Å². The lowest BCUT2D eigenvalue weighted by atomic mass is 10.3. The number of nitrogens with one attached hydrogen (secondary N) is 1. The first-order valence-corrected chi connectivity index (χ1v) is 9.26. The molecule has 2 aromatic carbocycles. The topological polar surface area (TPSA) is 72.2 Å². The van der Waals surface area contributed by atoms with Crippen molar-refractivity contribution in [1.29, 1.82) is 0 Å². The Morgan fingerprint density at radius 2 is 1.62 bits per heavy atom. The summed E-state index contributed by atoms with van der Waals surface area (Å²) in [5, 5.41) is 0.340. The molecule has 3 N–H and O–H groups in total. The zero-order chi connectivity index (χ0) is 15.8. The molecule has 0 aliphatic carbocycles. The molecule has 0 saturated carbocycles. The number of nitrogens with two attached hydrogens (primary N) is 1. The highest BCUT2D eigenvalue weighted by Gasteiger charge is 2.18. The Kier molecular flexibility index (Phi) is 5.10. The molecule has 0 saturated heterocycles. The van der Waals surface area contributed by atoms with Gasteiger partial charge in [-0.1, -0.05) is 23.2 Å². The van der Waals surface area contributed by atoms with Gasteiger partial charge in [-0.15, -0.1) is 0 Å². The average molecular weight is 475 g/mol. The first-order chi connectivity index (χ1) is 9.72. The zero-order valence-electron chi connectivity index (χ0n) is 10.2. The van der Waals surface area contributed by atoms with Crippen LogP contribution in [-0.4, -0.2) is 8.42 Å². The van der Waals surface area contributed by atoms with E-state index in [1.54, 1.807) is 12.1 Å². The van der Waals surface area contributed by atoms with Crippen molar-refractivity contribution < 1.29 is 8.42 Å². The van der Waals surface area contributed by atoms with E-state index >= 15 is 0 Å². The maximum Gasteiger partial charge on any atom is 0.262 e. The van der Waals surface area contributed by atoms with Crippen molar-refractivity contribution in [2.45, 2.75) is 4.90 Å². The molecule has 0 aromatic heterocycles. The van der Waals surface area contributed by atoms with Crippen LogP contribution in [-0.2, 0) is 10.0 Å². The van der Waals surface area contributed by atoms with Crippen LogP contribution in [0.5, 0.6) is 0 Å². The molecule has 2 rings (SSSR count). The van der Waals surface area contributed by atoms with Crippen molar-refractivity contribution in [2.24, 2.45) is 0 Å². The number of benzene rings is 2. The van der Waals surface area contributed by atoms with Crippen molar-refractivity contribution >= 4 is 76.5 Å². The number of anilines is 2. The van der Waals surface area contributed by atoms with E-state index in [0.29, 0.717) is 14.6 Å². The molecule has 112 valence electrons. The molecule has 0 amide bonds. The van der Waals surface area contributed by atoms with E-state index in [-0.39, 0.29) is 20.6 Å². The van der Waals surface area contributed by atoms with Gasteiger partial charge in [-0.2, -0.15) is 0 Å². The molecule has 4 nitrogen and oxygen atoms in total. The lowest BCUT2D eigenvalue weighted by Gasteiger charge is -2.12. The molecule has 0 bridgehead atoms. The predicted octanol–water partition coefficient (Wildman–Crippen LogP) is 4.90. The predicted molar refractivity (Wildman–Crippen MR) is 93.5 cm³/mol. The molecule has 0 aliphatic heterocycles. The van der Waals surface area contributed by atoms with Crippen LogP contribution in [0.1, 0.15) is 0 Å². The average Bonchev–Trinajstić information content (AvgIpc) is 2.42. The maximum atomic E-state index is 12.3. The van der Waals surface area contributed by atoms with Crippen LogP contribution in [0.15, 0.2) is 44.2 Å². The number of hydrogen-bond acceptors (Lipinski definition) is 3.